The zero-order valence-electron chi connectivity index (χ0n) is 22.2. The number of hydrogen-bond donors (Lipinski definition) is 1. The van der Waals surface area contributed by atoms with Crippen LogP contribution in [-0.4, -0.2) is 63.6 Å². The summed E-state index contributed by atoms with van der Waals surface area (Å²) in [6.45, 7) is 4.75. The molecule has 0 radical (unpaired) electrons. The first-order chi connectivity index (χ1) is 19.6. The molecule has 0 atom stereocenters. The summed E-state index contributed by atoms with van der Waals surface area (Å²) in [6, 6.07) is 10.9. The molecule has 2 aromatic carbocycles. The van der Waals surface area contributed by atoms with E-state index in [1.54, 1.807) is 35.5 Å². The summed E-state index contributed by atoms with van der Waals surface area (Å²) in [5, 5.41) is 27.0. The fraction of sp³-hybridized carbons (Fsp3) is 0.370. The van der Waals surface area contributed by atoms with Crippen molar-refractivity contribution < 1.29 is 23.8 Å². The van der Waals surface area contributed by atoms with Crippen molar-refractivity contribution in [2.24, 2.45) is 5.41 Å². The second-order valence-corrected chi connectivity index (χ2v) is 11.4. The minimum Gasteiger partial charge on any atom is -0.486 e. The topological polar surface area (TPSA) is 140 Å². The number of nitrogens with zero attached hydrogens (tertiary/aromatic N) is 5. The number of nitro groups is 1. The number of carbonyl (C=O) groups is 1. The van der Waals surface area contributed by atoms with E-state index < -0.39 is 16.6 Å². The van der Waals surface area contributed by atoms with Gasteiger partial charge in [0.2, 0.25) is 5.75 Å². The standard InChI is InChI=1S/C27H28ClN5O7S/c1-27(7-8-27)17-39-24-23(15-29-32(25(24)34)20-4-2-3-19(28)14-20)30-9-11-31(12-10-30)40-41-16-18-5-6-22(33(37)38)21(13-18)26(35)36/h2-6,13-15H,7-12,16-17H2,1H3,(H,35,36). The highest BCUT2D eigenvalue weighted by Crippen LogP contribution is 2.45. The molecule has 1 saturated carbocycles. The Morgan fingerprint density at radius 1 is 1.20 bits per heavy atom. The monoisotopic (exact) mass is 601 g/mol. The molecule has 1 aromatic heterocycles. The summed E-state index contributed by atoms with van der Waals surface area (Å²) in [6.07, 6.45) is 3.76. The van der Waals surface area contributed by atoms with Crippen molar-refractivity contribution in [2.45, 2.75) is 25.5 Å². The van der Waals surface area contributed by atoms with Gasteiger partial charge in [-0.15, -0.1) is 0 Å². The average molecular weight is 602 g/mol. The van der Waals surface area contributed by atoms with Gasteiger partial charge in [0.25, 0.3) is 5.69 Å². The Labute approximate surface area is 244 Å². The second kappa shape index (κ2) is 12.1. The number of halogens is 1. The van der Waals surface area contributed by atoms with Gasteiger partial charge in [-0.25, -0.2) is 9.08 Å². The number of aromatic nitrogens is 2. The highest BCUT2D eigenvalue weighted by atomic mass is 35.5. The summed E-state index contributed by atoms with van der Waals surface area (Å²) in [4.78, 5) is 37.3. The third-order valence-electron chi connectivity index (χ3n) is 7.09. The normalized spacial score (nSPS) is 16.4. The van der Waals surface area contributed by atoms with E-state index in [9.17, 15) is 24.8 Å². The molecular weight excluding hydrogens is 574 g/mol. The van der Waals surface area contributed by atoms with Gasteiger partial charge in [-0.05, 0) is 42.7 Å². The lowest BCUT2D eigenvalue weighted by molar-refractivity contribution is -0.385. The molecule has 2 aliphatic rings. The fourth-order valence-corrected chi connectivity index (χ4v) is 5.21. The number of carboxylic acid groups (broad SMARTS) is 1. The van der Waals surface area contributed by atoms with Crippen LogP contribution in [0.5, 0.6) is 5.75 Å². The van der Waals surface area contributed by atoms with Crippen LogP contribution in [0.2, 0.25) is 5.02 Å². The molecule has 1 saturated heterocycles. The first kappa shape index (κ1) is 28.9. The van der Waals surface area contributed by atoms with E-state index in [1.807, 2.05) is 4.90 Å². The van der Waals surface area contributed by atoms with Crippen molar-refractivity contribution in [1.29, 1.82) is 0 Å². The molecule has 216 valence electrons. The molecule has 0 amide bonds. The molecule has 14 heteroatoms. The number of anilines is 1. The molecule has 3 aromatic rings. The lowest BCUT2D eigenvalue weighted by Crippen LogP contribution is -2.46. The van der Waals surface area contributed by atoms with Gasteiger partial charge in [-0.1, -0.05) is 30.7 Å². The summed E-state index contributed by atoms with van der Waals surface area (Å²) in [7, 11) is 0. The van der Waals surface area contributed by atoms with Gasteiger partial charge < -0.3 is 14.7 Å². The molecule has 2 heterocycles. The quantitative estimate of drug-likeness (QED) is 0.188. The Balaban J connectivity index is 1.23. The molecule has 2 fully saturated rings. The first-order valence-corrected chi connectivity index (χ1v) is 14.2. The maximum absolute atomic E-state index is 13.5. The Morgan fingerprint density at radius 2 is 1.95 bits per heavy atom. The smallest absolute Gasteiger partial charge is 0.342 e. The summed E-state index contributed by atoms with van der Waals surface area (Å²) < 4.78 is 13.3. The Hall–Kier alpha value is -3.65. The summed E-state index contributed by atoms with van der Waals surface area (Å²) >= 11 is 7.25. The molecular formula is C27H28ClN5O7S. The third kappa shape index (κ3) is 6.81. The van der Waals surface area contributed by atoms with E-state index in [0.717, 1.165) is 24.9 Å². The highest BCUT2D eigenvalue weighted by molar-refractivity contribution is 7.93. The van der Waals surface area contributed by atoms with Gasteiger partial charge >= 0.3 is 11.5 Å². The predicted octanol–water partition coefficient (Wildman–Crippen LogP) is 4.57. The van der Waals surface area contributed by atoms with Crippen molar-refractivity contribution in [3.8, 4) is 11.4 Å². The van der Waals surface area contributed by atoms with E-state index in [0.29, 0.717) is 60.5 Å². The summed E-state index contributed by atoms with van der Waals surface area (Å²) in [5.41, 5.74) is 0.675. The lowest BCUT2D eigenvalue weighted by Gasteiger charge is -2.35. The van der Waals surface area contributed by atoms with Crippen LogP contribution in [0, 0.1) is 15.5 Å². The zero-order valence-corrected chi connectivity index (χ0v) is 23.8. The Morgan fingerprint density at radius 3 is 2.61 bits per heavy atom. The van der Waals surface area contributed by atoms with Crippen LogP contribution in [-0.2, 0) is 10.0 Å². The molecule has 41 heavy (non-hydrogen) atoms. The third-order valence-corrected chi connectivity index (χ3v) is 8.09. The first-order valence-electron chi connectivity index (χ1n) is 12.9. The van der Waals surface area contributed by atoms with Crippen LogP contribution in [0.15, 0.2) is 53.5 Å². The number of nitro benzene ring substituents is 1. The minimum absolute atomic E-state index is 0.0759. The van der Waals surface area contributed by atoms with Crippen LogP contribution < -0.4 is 15.2 Å². The maximum Gasteiger partial charge on any atom is 0.342 e. The molecule has 1 N–H and O–H groups in total. The van der Waals surface area contributed by atoms with Gasteiger partial charge in [0, 0.05) is 60.5 Å². The van der Waals surface area contributed by atoms with Crippen LogP contribution in [0.3, 0.4) is 0 Å². The number of ether oxygens (including phenoxy) is 1. The van der Waals surface area contributed by atoms with Crippen LogP contribution in [0.4, 0.5) is 11.4 Å². The van der Waals surface area contributed by atoms with Crippen molar-refractivity contribution >= 4 is 41.0 Å². The number of benzene rings is 2. The van der Waals surface area contributed by atoms with Crippen LogP contribution in [0.25, 0.3) is 5.69 Å². The van der Waals surface area contributed by atoms with E-state index >= 15 is 0 Å². The number of rotatable bonds is 11. The fourth-order valence-electron chi connectivity index (χ4n) is 4.36. The Bertz CT molecular complexity index is 1520. The molecule has 0 bridgehead atoms. The van der Waals surface area contributed by atoms with E-state index in [2.05, 4.69) is 12.0 Å². The van der Waals surface area contributed by atoms with Crippen LogP contribution >= 0.6 is 23.6 Å². The lowest BCUT2D eigenvalue weighted by atomic mass is 10.1. The van der Waals surface area contributed by atoms with Gasteiger partial charge in [-0.3, -0.25) is 14.9 Å². The van der Waals surface area contributed by atoms with Gasteiger partial charge in [-0.2, -0.15) is 14.8 Å². The van der Waals surface area contributed by atoms with Gasteiger partial charge in [0.15, 0.2) is 0 Å². The van der Waals surface area contributed by atoms with Crippen molar-refractivity contribution in [1.82, 2.24) is 14.8 Å². The van der Waals surface area contributed by atoms with Crippen molar-refractivity contribution in [2.75, 3.05) is 37.7 Å². The largest absolute Gasteiger partial charge is 0.486 e. The minimum atomic E-state index is -1.36. The van der Waals surface area contributed by atoms with Crippen molar-refractivity contribution in [3.63, 3.8) is 0 Å². The number of piperazine rings is 1. The van der Waals surface area contributed by atoms with E-state index in [1.165, 1.54) is 22.9 Å². The van der Waals surface area contributed by atoms with Crippen LogP contribution in [0.1, 0.15) is 35.7 Å². The predicted molar refractivity (Wildman–Crippen MR) is 154 cm³/mol. The molecule has 1 aliphatic carbocycles. The van der Waals surface area contributed by atoms with E-state index in [-0.39, 0.29) is 22.3 Å². The molecule has 1 aliphatic heterocycles. The number of hydrogen-bond acceptors (Lipinski definition) is 10. The number of hydroxylamine groups is 2. The summed E-state index contributed by atoms with van der Waals surface area (Å²) in [5.74, 6) is -0.796. The number of carboxylic acids is 1. The van der Waals surface area contributed by atoms with Crippen molar-refractivity contribution in [3.05, 3.63) is 85.3 Å². The van der Waals surface area contributed by atoms with Gasteiger partial charge in [0.1, 0.15) is 11.3 Å². The average Bonchev–Trinajstić information content (AvgIpc) is 3.69. The zero-order chi connectivity index (χ0) is 29.1. The van der Waals surface area contributed by atoms with Gasteiger partial charge in [0.05, 0.1) is 23.4 Å². The molecule has 5 rings (SSSR count). The molecule has 12 nitrogen and oxygen atoms in total. The molecule has 0 unspecified atom stereocenters. The second-order valence-electron chi connectivity index (χ2n) is 10.3. The highest BCUT2D eigenvalue weighted by Gasteiger charge is 2.39. The number of aromatic carboxylic acids is 1. The maximum atomic E-state index is 13.5. The molecule has 0 spiro atoms. The Kier molecular flexibility index (Phi) is 8.50. The van der Waals surface area contributed by atoms with E-state index in [4.69, 9.17) is 20.6 Å². The SMILES string of the molecule is CC1(COc2c(N3CCN(OSCc4ccc([N+](=O)[O-])c(C(=O)O)c4)CC3)cnn(-c3cccc(Cl)c3)c2=O)CC1.